The van der Waals surface area contributed by atoms with Crippen molar-refractivity contribution in [3.63, 3.8) is 0 Å². The number of aryl methyl sites for hydroxylation is 1. The number of sulfonamides is 1. The number of nitrogens with zero attached hydrogens (tertiary/aromatic N) is 2. The van der Waals surface area contributed by atoms with Gasteiger partial charge in [0.05, 0.1) is 11.5 Å². The van der Waals surface area contributed by atoms with Crippen molar-refractivity contribution in [2.75, 3.05) is 14.1 Å². The van der Waals surface area contributed by atoms with E-state index in [2.05, 4.69) is 5.32 Å². The monoisotopic (exact) mass is 383 g/mol. The quantitative estimate of drug-likeness (QED) is 0.607. The number of carbonyl (C=O) groups excluding carboxylic acids is 1. The second kappa shape index (κ2) is 7.30. The Kier molecular flexibility index (Phi) is 5.55. The highest BCUT2D eigenvalue weighted by Gasteiger charge is 2.23. The standard InChI is InChI=1S/C15H17N3O5S2/c1-10-5-4-6-12(14(10)18(20)21)15(19)16-9-11-7-8-13(24-11)25(22,23)17(2)3/h4-8H,9H2,1-3H3,(H,16,19). The zero-order chi connectivity index (χ0) is 18.8. The number of carbonyl (C=O) groups is 1. The number of nitrogens with one attached hydrogen (secondary N) is 1. The minimum atomic E-state index is -3.52. The van der Waals surface area contributed by atoms with E-state index in [1.807, 2.05) is 0 Å². The first-order chi connectivity index (χ1) is 11.6. The van der Waals surface area contributed by atoms with Crippen molar-refractivity contribution in [1.82, 2.24) is 9.62 Å². The van der Waals surface area contributed by atoms with E-state index in [4.69, 9.17) is 0 Å². The van der Waals surface area contributed by atoms with Gasteiger partial charge in [-0.1, -0.05) is 12.1 Å². The van der Waals surface area contributed by atoms with E-state index in [-0.39, 0.29) is 22.0 Å². The van der Waals surface area contributed by atoms with Crippen LogP contribution in [0.15, 0.2) is 34.5 Å². The van der Waals surface area contributed by atoms with Crippen molar-refractivity contribution in [2.24, 2.45) is 0 Å². The molecule has 0 aliphatic rings. The fourth-order valence-corrected chi connectivity index (χ4v) is 4.58. The van der Waals surface area contributed by atoms with Gasteiger partial charge in [-0.3, -0.25) is 14.9 Å². The molecule has 0 saturated heterocycles. The van der Waals surface area contributed by atoms with E-state index < -0.39 is 20.9 Å². The molecule has 1 heterocycles. The Bertz CT molecular complexity index is 919. The predicted molar refractivity (Wildman–Crippen MR) is 94.2 cm³/mol. The normalized spacial score (nSPS) is 11.5. The molecule has 0 bridgehead atoms. The number of rotatable bonds is 6. The molecule has 0 atom stereocenters. The third-order valence-electron chi connectivity index (χ3n) is 3.46. The SMILES string of the molecule is Cc1cccc(C(=O)NCc2ccc(S(=O)(=O)N(C)C)s2)c1[N+](=O)[O-]. The van der Waals surface area contributed by atoms with Gasteiger partial charge in [0.25, 0.3) is 21.6 Å². The van der Waals surface area contributed by atoms with Gasteiger partial charge in [-0.2, -0.15) is 0 Å². The van der Waals surface area contributed by atoms with Gasteiger partial charge in [-0.15, -0.1) is 11.3 Å². The number of amides is 1. The Morgan fingerprint density at radius 2 is 1.96 bits per heavy atom. The summed E-state index contributed by atoms with van der Waals surface area (Å²) in [4.78, 5) is 23.5. The van der Waals surface area contributed by atoms with Crippen LogP contribution in [0, 0.1) is 17.0 Å². The predicted octanol–water partition coefficient (Wildman–Crippen LogP) is 2.15. The molecular formula is C15H17N3O5S2. The second-order valence-electron chi connectivity index (χ2n) is 5.42. The third-order valence-corrected chi connectivity index (χ3v) is 6.83. The molecule has 0 aliphatic carbocycles. The van der Waals surface area contributed by atoms with Crippen molar-refractivity contribution in [3.8, 4) is 0 Å². The van der Waals surface area contributed by atoms with Crippen molar-refractivity contribution in [2.45, 2.75) is 17.7 Å². The maximum atomic E-state index is 12.3. The average Bonchev–Trinajstić information content (AvgIpc) is 3.01. The molecule has 0 unspecified atom stereocenters. The Labute approximate surface area is 149 Å². The van der Waals surface area contributed by atoms with E-state index in [9.17, 15) is 23.3 Å². The van der Waals surface area contributed by atoms with Gasteiger partial charge in [0.15, 0.2) is 0 Å². The molecule has 25 heavy (non-hydrogen) atoms. The highest BCUT2D eigenvalue weighted by Crippen LogP contribution is 2.25. The lowest BCUT2D eigenvalue weighted by Crippen LogP contribution is -2.23. The van der Waals surface area contributed by atoms with Crippen LogP contribution in [0.2, 0.25) is 0 Å². The van der Waals surface area contributed by atoms with E-state index in [0.717, 1.165) is 15.6 Å². The lowest BCUT2D eigenvalue weighted by molar-refractivity contribution is -0.385. The highest BCUT2D eigenvalue weighted by atomic mass is 32.2. The van der Waals surface area contributed by atoms with Gasteiger partial charge < -0.3 is 5.32 Å². The van der Waals surface area contributed by atoms with Gasteiger partial charge in [-0.25, -0.2) is 12.7 Å². The van der Waals surface area contributed by atoms with E-state index >= 15 is 0 Å². The molecule has 2 rings (SSSR count). The van der Waals surface area contributed by atoms with E-state index in [1.165, 1.54) is 26.2 Å². The summed E-state index contributed by atoms with van der Waals surface area (Å²) < 4.78 is 25.4. The van der Waals surface area contributed by atoms with E-state index in [1.54, 1.807) is 25.1 Å². The minimum absolute atomic E-state index is 0.0253. The average molecular weight is 383 g/mol. The van der Waals surface area contributed by atoms with Crippen LogP contribution in [0.25, 0.3) is 0 Å². The minimum Gasteiger partial charge on any atom is -0.347 e. The molecule has 2 aromatic rings. The number of hydrogen-bond donors (Lipinski definition) is 1. The maximum Gasteiger partial charge on any atom is 0.285 e. The molecular weight excluding hydrogens is 366 g/mol. The third kappa shape index (κ3) is 4.03. The Hall–Kier alpha value is -2.30. The van der Waals surface area contributed by atoms with Crippen molar-refractivity contribution >= 4 is 33.0 Å². The highest BCUT2D eigenvalue weighted by molar-refractivity contribution is 7.91. The second-order valence-corrected chi connectivity index (χ2v) is 8.97. The molecule has 0 spiro atoms. The molecule has 0 radical (unpaired) electrons. The van der Waals surface area contributed by atoms with Crippen LogP contribution < -0.4 is 5.32 Å². The smallest absolute Gasteiger partial charge is 0.285 e. The van der Waals surface area contributed by atoms with Crippen LogP contribution in [-0.4, -0.2) is 37.6 Å². The first kappa shape index (κ1) is 19.0. The molecule has 0 saturated carbocycles. The summed E-state index contributed by atoms with van der Waals surface area (Å²) in [5.74, 6) is -0.583. The molecule has 134 valence electrons. The van der Waals surface area contributed by atoms with Crippen molar-refractivity contribution < 1.29 is 18.1 Å². The molecule has 1 N–H and O–H groups in total. The first-order valence-corrected chi connectivity index (χ1v) is 9.43. The van der Waals surface area contributed by atoms with Crippen LogP contribution in [0.5, 0.6) is 0 Å². The molecule has 0 aliphatic heterocycles. The fourth-order valence-electron chi connectivity index (χ4n) is 2.12. The number of nitro benzene ring substituents is 1. The van der Waals surface area contributed by atoms with Crippen LogP contribution in [0.4, 0.5) is 5.69 Å². The molecule has 1 aromatic carbocycles. The summed E-state index contributed by atoms with van der Waals surface area (Å²) >= 11 is 1.04. The number of thiophene rings is 1. The van der Waals surface area contributed by atoms with Crippen LogP contribution >= 0.6 is 11.3 Å². The Morgan fingerprint density at radius 1 is 1.28 bits per heavy atom. The van der Waals surface area contributed by atoms with Gasteiger partial charge in [0.2, 0.25) is 0 Å². The number of para-hydroxylation sites is 1. The van der Waals surface area contributed by atoms with Crippen LogP contribution in [0.1, 0.15) is 20.8 Å². The van der Waals surface area contributed by atoms with Crippen LogP contribution in [-0.2, 0) is 16.6 Å². The summed E-state index contributed by atoms with van der Waals surface area (Å²) in [5, 5.41) is 13.7. The summed E-state index contributed by atoms with van der Waals surface area (Å²) in [5.41, 5.74) is 0.137. The number of benzene rings is 1. The van der Waals surface area contributed by atoms with Crippen LogP contribution in [0.3, 0.4) is 0 Å². The molecule has 1 aromatic heterocycles. The summed E-state index contributed by atoms with van der Waals surface area (Å²) in [6, 6.07) is 7.59. The molecule has 0 fully saturated rings. The molecule has 8 nitrogen and oxygen atoms in total. The van der Waals surface area contributed by atoms with Gasteiger partial charge >= 0.3 is 0 Å². The van der Waals surface area contributed by atoms with Gasteiger partial charge in [-0.05, 0) is 25.1 Å². The zero-order valence-corrected chi connectivity index (χ0v) is 15.5. The topological polar surface area (TPSA) is 110 Å². The van der Waals surface area contributed by atoms with E-state index in [0.29, 0.717) is 10.4 Å². The van der Waals surface area contributed by atoms with Crippen molar-refractivity contribution in [1.29, 1.82) is 0 Å². The van der Waals surface area contributed by atoms with Gasteiger partial charge in [0, 0.05) is 24.5 Å². The number of hydrogen-bond acceptors (Lipinski definition) is 6. The molecule has 10 heteroatoms. The van der Waals surface area contributed by atoms with Crippen molar-refractivity contribution in [3.05, 3.63) is 56.5 Å². The lowest BCUT2D eigenvalue weighted by atomic mass is 10.1. The lowest BCUT2D eigenvalue weighted by Gasteiger charge is -2.08. The summed E-state index contributed by atoms with van der Waals surface area (Å²) in [6.07, 6.45) is 0. The number of nitro groups is 1. The zero-order valence-electron chi connectivity index (χ0n) is 13.8. The summed E-state index contributed by atoms with van der Waals surface area (Å²) in [7, 11) is -0.645. The first-order valence-electron chi connectivity index (χ1n) is 7.18. The maximum absolute atomic E-state index is 12.3. The summed E-state index contributed by atoms with van der Waals surface area (Å²) in [6.45, 7) is 1.64. The largest absolute Gasteiger partial charge is 0.347 e. The molecule has 1 amide bonds. The Balaban J connectivity index is 2.16. The Morgan fingerprint density at radius 3 is 2.56 bits per heavy atom. The van der Waals surface area contributed by atoms with Gasteiger partial charge in [0.1, 0.15) is 9.77 Å². The fraction of sp³-hybridized carbons (Fsp3) is 0.267.